The molecule has 0 aliphatic heterocycles. The maximum atomic E-state index is 12.7. The Kier molecular flexibility index (Phi) is 4.55. The van der Waals surface area contributed by atoms with Gasteiger partial charge in [0.15, 0.2) is 5.69 Å². The van der Waals surface area contributed by atoms with Crippen LogP contribution in [0.5, 0.6) is 0 Å². The molecule has 0 spiro atoms. The van der Waals surface area contributed by atoms with Crippen molar-refractivity contribution in [2.75, 3.05) is 10.6 Å². The molecule has 0 atom stereocenters. The molecule has 0 bridgehead atoms. The molecule has 28 heavy (non-hydrogen) atoms. The van der Waals surface area contributed by atoms with Crippen molar-refractivity contribution in [3.8, 4) is 0 Å². The molecule has 0 fully saturated rings. The van der Waals surface area contributed by atoms with Crippen LogP contribution < -0.4 is 10.6 Å². The molecule has 4 rings (SSSR count). The molecule has 7 nitrogen and oxygen atoms in total. The molecule has 2 N–H and O–H groups in total. The summed E-state index contributed by atoms with van der Waals surface area (Å²) in [5.74, 6) is -0.634. The number of anilines is 2. The minimum atomic E-state index is -0.392. The van der Waals surface area contributed by atoms with E-state index in [0.717, 1.165) is 16.5 Å². The van der Waals surface area contributed by atoms with Gasteiger partial charge in [0.1, 0.15) is 6.26 Å². The summed E-state index contributed by atoms with van der Waals surface area (Å²) in [6.45, 7) is 1.88. The second-order valence-electron chi connectivity index (χ2n) is 6.23. The molecule has 0 aliphatic carbocycles. The molecule has 0 radical (unpaired) electrons. The van der Waals surface area contributed by atoms with E-state index >= 15 is 0 Å². The lowest BCUT2D eigenvalue weighted by molar-refractivity contribution is 0.101. The van der Waals surface area contributed by atoms with E-state index in [2.05, 4.69) is 25.3 Å². The second-order valence-corrected chi connectivity index (χ2v) is 6.23. The van der Waals surface area contributed by atoms with Crippen molar-refractivity contribution in [3.05, 3.63) is 83.9 Å². The van der Waals surface area contributed by atoms with E-state index in [1.54, 1.807) is 30.5 Å². The first-order valence-electron chi connectivity index (χ1n) is 8.59. The van der Waals surface area contributed by atoms with Gasteiger partial charge in [0.05, 0.1) is 5.52 Å². The van der Waals surface area contributed by atoms with Crippen LogP contribution in [0.2, 0.25) is 0 Å². The molecule has 0 unspecified atom stereocenters. The summed E-state index contributed by atoms with van der Waals surface area (Å²) in [4.78, 5) is 29.1. The first kappa shape index (κ1) is 17.4. The number of carbonyl (C=O) groups is 2. The third-order valence-electron chi connectivity index (χ3n) is 4.28. The van der Waals surface area contributed by atoms with Gasteiger partial charge >= 0.3 is 0 Å². The third kappa shape index (κ3) is 3.59. The van der Waals surface area contributed by atoms with Crippen LogP contribution in [-0.4, -0.2) is 22.0 Å². The number of hydrogen-bond donors (Lipinski definition) is 2. The number of aromatic nitrogens is 2. The first-order chi connectivity index (χ1) is 13.6. The highest BCUT2D eigenvalue weighted by Crippen LogP contribution is 2.22. The molecule has 0 aliphatic rings. The highest BCUT2D eigenvalue weighted by atomic mass is 16.5. The topological polar surface area (TPSA) is 97.1 Å². The van der Waals surface area contributed by atoms with E-state index in [-0.39, 0.29) is 11.6 Å². The number of nitrogens with one attached hydrogen (secondary N) is 2. The monoisotopic (exact) mass is 372 g/mol. The Balaban J connectivity index is 1.54. The van der Waals surface area contributed by atoms with E-state index < -0.39 is 5.91 Å². The molecular formula is C21H16N4O3. The zero-order valence-electron chi connectivity index (χ0n) is 15.0. The van der Waals surface area contributed by atoms with Crippen molar-refractivity contribution >= 4 is 34.1 Å². The van der Waals surface area contributed by atoms with Crippen LogP contribution >= 0.6 is 0 Å². The van der Waals surface area contributed by atoms with Crippen molar-refractivity contribution in [1.82, 2.24) is 10.1 Å². The van der Waals surface area contributed by atoms with Gasteiger partial charge in [0, 0.05) is 34.6 Å². The molecule has 7 heteroatoms. The zero-order valence-corrected chi connectivity index (χ0v) is 15.0. The van der Waals surface area contributed by atoms with Crippen LogP contribution in [-0.2, 0) is 0 Å². The molecule has 2 aromatic heterocycles. The van der Waals surface area contributed by atoms with Crippen molar-refractivity contribution in [2.45, 2.75) is 6.92 Å². The summed E-state index contributed by atoms with van der Waals surface area (Å²) in [5.41, 5.74) is 3.54. The van der Waals surface area contributed by atoms with Crippen LogP contribution in [0.25, 0.3) is 10.9 Å². The maximum Gasteiger partial charge on any atom is 0.277 e. The van der Waals surface area contributed by atoms with Gasteiger partial charge < -0.3 is 15.2 Å². The Morgan fingerprint density at radius 3 is 2.68 bits per heavy atom. The van der Waals surface area contributed by atoms with Crippen LogP contribution in [0.3, 0.4) is 0 Å². The fraction of sp³-hybridized carbons (Fsp3) is 0.0476. The Labute approximate surface area is 160 Å². The van der Waals surface area contributed by atoms with Gasteiger partial charge in [0.2, 0.25) is 0 Å². The number of benzene rings is 2. The van der Waals surface area contributed by atoms with Crippen molar-refractivity contribution in [3.63, 3.8) is 0 Å². The summed E-state index contributed by atoms with van der Waals surface area (Å²) in [7, 11) is 0. The summed E-state index contributed by atoms with van der Waals surface area (Å²) in [6.07, 6.45) is 3.04. The molecule has 2 amide bonds. The minimum absolute atomic E-state index is 0.177. The van der Waals surface area contributed by atoms with Gasteiger partial charge in [-0.25, -0.2) is 0 Å². The number of hydrogen-bond acceptors (Lipinski definition) is 5. The van der Waals surface area contributed by atoms with E-state index in [9.17, 15) is 9.59 Å². The summed E-state index contributed by atoms with van der Waals surface area (Å²) >= 11 is 0. The number of nitrogens with zero attached hydrogens (tertiary/aromatic N) is 2. The normalized spacial score (nSPS) is 10.6. The fourth-order valence-electron chi connectivity index (χ4n) is 2.77. The van der Waals surface area contributed by atoms with Gasteiger partial charge in [-0.2, -0.15) is 0 Å². The molecule has 2 heterocycles. The highest BCUT2D eigenvalue weighted by molar-refractivity contribution is 6.07. The third-order valence-corrected chi connectivity index (χ3v) is 4.28. The van der Waals surface area contributed by atoms with Crippen LogP contribution in [0.15, 0.2) is 71.6 Å². The number of carbonyl (C=O) groups excluding carboxylic acids is 2. The van der Waals surface area contributed by atoms with Crippen LogP contribution in [0.4, 0.5) is 11.4 Å². The second kappa shape index (κ2) is 7.32. The predicted molar refractivity (Wildman–Crippen MR) is 105 cm³/mol. The predicted octanol–water partition coefficient (Wildman–Crippen LogP) is 4.04. The van der Waals surface area contributed by atoms with Crippen molar-refractivity contribution in [2.24, 2.45) is 0 Å². The molecule has 0 saturated heterocycles. The largest absolute Gasteiger partial charge is 0.364 e. The number of fused-ring (bicyclic) bond motifs is 1. The number of rotatable bonds is 4. The summed E-state index contributed by atoms with van der Waals surface area (Å²) < 4.78 is 4.68. The Morgan fingerprint density at radius 2 is 1.86 bits per heavy atom. The lowest BCUT2D eigenvalue weighted by Gasteiger charge is -2.11. The highest BCUT2D eigenvalue weighted by Gasteiger charge is 2.12. The van der Waals surface area contributed by atoms with E-state index in [0.29, 0.717) is 16.9 Å². The lowest BCUT2D eigenvalue weighted by Crippen LogP contribution is -2.15. The summed E-state index contributed by atoms with van der Waals surface area (Å²) in [6, 6.07) is 15.8. The van der Waals surface area contributed by atoms with Gasteiger partial charge in [-0.05, 0) is 48.9 Å². The number of aryl methyl sites for hydroxylation is 1. The van der Waals surface area contributed by atoms with E-state index in [1.165, 1.54) is 12.3 Å². The molecule has 0 saturated carbocycles. The number of pyridine rings is 1. The van der Waals surface area contributed by atoms with Gasteiger partial charge in [-0.15, -0.1) is 0 Å². The van der Waals surface area contributed by atoms with Gasteiger partial charge in [0.25, 0.3) is 11.8 Å². The Hall–Kier alpha value is -4.00. The smallest absolute Gasteiger partial charge is 0.277 e. The van der Waals surface area contributed by atoms with Crippen molar-refractivity contribution < 1.29 is 14.1 Å². The Morgan fingerprint density at radius 1 is 0.964 bits per heavy atom. The lowest BCUT2D eigenvalue weighted by atomic mass is 10.1. The number of amides is 2. The zero-order chi connectivity index (χ0) is 19.5. The van der Waals surface area contributed by atoms with Gasteiger partial charge in [-0.1, -0.05) is 17.3 Å². The van der Waals surface area contributed by atoms with Crippen LogP contribution in [0, 0.1) is 6.92 Å². The minimum Gasteiger partial charge on any atom is -0.364 e. The molecule has 138 valence electrons. The SMILES string of the molecule is Cc1ccc(NC(=O)c2ccon2)cc1NC(=O)c1ccc2ncccc2c1. The summed E-state index contributed by atoms with van der Waals surface area (Å²) in [5, 5.41) is 10.1. The maximum absolute atomic E-state index is 12.7. The molecular weight excluding hydrogens is 356 g/mol. The standard InChI is InChI=1S/C21H16N4O3/c1-13-4-6-16(23-21(27)18-8-10-28-25-18)12-19(13)24-20(26)15-5-7-17-14(11-15)3-2-9-22-17/h2-12H,1H3,(H,23,27)(H,24,26). The molecule has 4 aromatic rings. The van der Waals surface area contributed by atoms with Crippen molar-refractivity contribution in [1.29, 1.82) is 0 Å². The average Bonchev–Trinajstić information content (AvgIpc) is 3.25. The Bertz CT molecular complexity index is 1170. The average molecular weight is 372 g/mol. The van der Waals surface area contributed by atoms with Crippen LogP contribution in [0.1, 0.15) is 26.4 Å². The fourth-order valence-corrected chi connectivity index (χ4v) is 2.77. The first-order valence-corrected chi connectivity index (χ1v) is 8.59. The molecule has 2 aromatic carbocycles. The van der Waals surface area contributed by atoms with E-state index in [4.69, 9.17) is 0 Å². The quantitative estimate of drug-likeness (QED) is 0.564. The van der Waals surface area contributed by atoms with Gasteiger partial charge in [-0.3, -0.25) is 14.6 Å². The van der Waals surface area contributed by atoms with E-state index in [1.807, 2.05) is 31.2 Å².